The number of piperidine rings is 1. The first-order chi connectivity index (χ1) is 26.6. The van der Waals surface area contributed by atoms with E-state index in [-0.39, 0.29) is 24.0 Å². The lowest BCUT2D eigenvalue weighted by Crippen LogP contribution is -2.56. The molecule has 314 valence electrons. The molecule has 17 heteroatoms. The molecule has 0 radical (unpaired) electrons. The number of nitrogens with one attached hydrogen (secondary N) is 4. The highest BCUT2D eigenvalue weighted by molar-refractivity contribution is 7.99. The van der Waals surface area contributed by atoms with E-state index >= 15 is 0 Å². The Kier molecular flexibility index (Phi) is 26.1. The standard InChI is InChI=1S/C38H66N6O9S2/c1-32(2)30-54-36(39-4)13-9-8-12-34(46)40-17-21-50-23-25-52-27-28-53-26-24-51-22-18-41-35(47)14-29-55(49)43-19-15-38(3,16-20-43)42-37(48)44(31-45)33-10-6-5-7-11-33/h5-7,10-11,31-32,36,39H,8-9,12-30H2,1-4H3,(H,40,46)(H,41,47)(H,42,48). The third-order valence-corrected chi connectivity index (χ3v) is 11.9. The van der Waals surface area contributed by atoms with Gasteiger partial charge in [0.05, 0.1) is 74.9 Å². The third kappa shape index (κ3) is 22.6. The van der Waals surface area contributed by atoms with E-state index in [1.165, 1.54) is 0 Å². The Bertz CT molecular complexity index is 1240. The van der Waals surface area contributed by atoms with Gasteiger partial charge in [0.1, 0.15) is 0 Å². The van der Waals surface area contributed by atoms with Crippen LogP contribution in [0.5, 0.6) is 0 Å². The Balaban J connectivity index is 1.36. The molecule has 1 aromatic carbocycles. The number of ether oxygens (including phenoxy) is 4. The van der Waals surface area contributed by atoms with E-state index in [0.29, 0.717) is 122 Å². The maximum Gasteiger partial charge on any atom is 0.328 e. The zero-order chi connectivity index (χ0) is 40.2. The van der Waals surface area contributed by atoms with Crippen LogP contribution in [0.25, 0.3) is 0 Å². The number of urea groups is 1. The van der Waals surface area contributed by atoms with Crippen molar-refractivity contribution in [3.8, 4) is 0 Å². The molecule has 1 aliphatic heterocycles. The lowest BCUT2D eigenvalue weighted by molar-refractivity contribution is -0.122. The molecule has 0 saturated carbocycles. The van der Waals surface area contributed by atoms with E-state index in [1.54, 1.807) is 24.3 Å². The lowest BCUT2D eigenvalue weighted by atomic mass is 9.91. The lowest BCUT2D eigenvalue weighted by Gasteiger charge is -2.39. The van der Waals surface area contributed by atoms with E-state index in [0.717, 1.165) is 29.9 Å². The minimum Gasteiger partial charge on any atom is -0.377 e. The van der Waals surface area contributed by atoms with Crippen molar-refractivity contribution in [1.82, 2.24) is 25.6 Å². The van der Waals surface area contributed by atoms with Gasteiger partial charge in [-0.1, -0.05) is 38.5 Å². The van der Waals surface area contributed by atoms with Crippen LogP contribution in [0.1, 0.15) is 65.7 Å². The second-order valence-electron chi connectivity index (χ2n) is 13.9. The molecule has 0 bridgehead atoms. The molecule has 55 heavy (non-hydrogen) atoms. The van der Waals surface area contributed by atoms with E-state index in [4.69, 9.17) is 18.9 Å². The van der Waals surface area contributed by atoms with Gasteiger partial charge in [-0.15, -0.1) is 11.8 Å². The molecule has 0 spiro atoms. The molecule has 2 unspecified atom stereocenters. The second-order valence-corrected chi connectivity index (χ2v) is 16.7. The Morgan fingerprint density at radius 3 is 1.95 bits per heavy atom. The summed E-state index contributed by atoms with van der Waals surface area (Å²) in [7, 11) is 0.667. The Labute approximate surface area is 335 Å². The summed E-state index contributed by atoms with van der Waals surface area (Å²) in [5.41, 5.74) is -0.0688. The number of para-hydroxylation sites is 1. The summed E-state index contributed by atoms with van der Waals surface area (Å²) in [5.74, 6) is 1.89. The van der Waals surface area contributed by atoms with E-state index in [9.17, 15) is 23.4 Å². The Hall–Kier alpha value is -2.64. The van der Waals surface area contributed by atoms with Gasteiger partial charge < -0.3 is 40.2 Å². The summed E-state index contributed by atoms with van der Waals surface area (Å²) in [6, 6.07) is 8.18. The summed E-state index contributed by atoms with van der Waals surface area (Å²) in [4.78, 5) is 49.7. The molecular formula is C38H66N6O9S2. The quantitative estimate of drug-likeness (QED) is 0.0493. The van der Waals surface area contributed by atoms with Crippen molar-refractivity contribution in [2.45, 2.75) is 76.6 Å². The van der Waals surface area contributed by atoms with Gasteiger partial charge >= 0.3 is 6.03 Å². The number of thioether (sulfide) groups is 1. The van der Waals surface area contributed by atoms with Crippen molar-refractivity contribution in [3.63, 3.8) is 0 Å². The highest BCUT2D eigenvalue weighted by atomic mass is 32.2. The first-order valence-electron chi connectivity index (χ1n) is 19.4. The van der Waals surface area contributed by atoms with Gasteiger partial charge in [-0.3, -0.25) is 14.4 Å². The molecule has 2 atom stereocenters. The van der Waals surface area contributed by atoms with Crippen molar-refractivity contribution in [3.05, 3.63) is 30.3 Å². The molecule has 0 aliphatic carbocycles. The summed E-state index contributed by atoms with van der Waals surface area (Å²) < 4.78 is 36.7. The van der Waals surface area contributed by atoms with Crippen LogP contribution in [0.15, 0.2) is 30.3 Å². The number of imide groups is 1. The number of hydrogen-bond donors (Lipinski definition) is 4. The highest BCUT2D eigenvalue weighted by Crippen LogP contribution is 2.24. The molecule has 0 aromatic heterocycles. The number of rotatable bonds is 31. The first-order valence-corrected chi connectivity index (χ1v) is 21.8. The van der Waals surface area contributed by atoms with Crippen molar-refractivity contribution in [2.75, 3.05) is 102 Å². The highest BCUT2D eigenvalue weighted by Gasteiger charge is 2.34. The molecule has 1 fully saturated rings. The predicted molar refractivity (Wildman–Crippen MR) is 218 cm³/mol. The zero-order valence-electron chi connectivity index (χ0n) is 33.4. The maximum atomic E-state index is 12.8. The Morgan fingerprint density at radius 2 is 1.42 bits per heavy atom. The summed E-state index contributed by atoms with van der Waals surface area (Å²) in [6.45, 7) is 11.5. The largest absolute Gasteiger partial charge is 0.377 e. The number of carbonyl (C=O) groups excluding carboxylic acids is 4. The number of carbonyl (C=O) groups is 4. The maximum absolute atomic E-state index is 12.8. The van der Waals surface area contributed by atoms with Gasteiger partial charge in [0.15, 0.2) is 0 Å². The number of hydrogen-bond acceptors (Lipinski definition) is 11. The van der Waals surface area contributed by atoms with Crippen molar-refractivity contribution in [2.24, 2.45) is 5.92 Å². The van der Waals surface area contributed by atoms with Gasteiger partial charge in [0.2, 0.25) is 18.2 Å². The van der Waals surface area contributed by atoms with Gasteiger partial charge in [0.25, 0.3) is 0 Å². The minimum absolute atomic E-state index is 0.0611. The molecule has 4 N–H and O–H groups in total. The fourth-order valence-electron chi connectivity index (χ4n) is 5.45. The van der Waals surface area contributed by atoms with Crippen LogP contribution in [0.3, 0.4) is 0 Å². The van der Waals surface area contributed by atoms with E-state index in [1.807, 2.05) is 36.1 Å². The third-order valence-electron chi connectivity index (χ3n) is 8.71. The molecular weight excluding hydrogens is 749 g/mol. The number of unbranched alkanes of at least 4 members (excludes halogenated alkanes) is 1. The monoisotopic (exact) mass is 814 g/mol. The van der Waals surface area contributed by atoms with E-state index < -0.39 is 22.6 Å². The fourth-order valence-corrected chi connectivity index (χ4v) is 7.77. The average molecular weight is 815 g/mol. The topological polar surface area (TPSA) is 177 Å². The van der Waals surface area contributed by atoms with Gasteiger partial charge in [-0.2, -0.15) is 0 Å². The molecule has 1 saturated heterocycles. The van der Waals surface area contributed by atoms with Gasteiger partial charge in [0, 0.05) is 50.3 Å². The van der Waals surface area contributed by atoms with Crippen molar-refractivity contribution < 1.29 is 42.3 Å². The summed E-state index contributed by atoms with van der Waals surface area (Å²) in [6.07, 6.45) is 5.24. The van der Waals surface area contributed by atoms with Crippen molar-refractivity contribution in [1.29, 1.82) is 0 Å². The normalized spacial score (nSPS) is 15.3. The number of anilines is 1. The van der Waals surface area contributed by atoms with Crippen molar-refractivity contribution >= 4 is 52.7 Å². The summed E-state index contributed by atoms with van der Waals surface area (Å²) in [5, 5.41) is 12.4. The number of nitrogens with zero attached hydrogens (tertiary/aromatic N) is 2. The van der Waals surface area contributed by atoms with Crippen LogP contribution in [0.4, 0.5) is 10.5 Å². The molecule has 1 aromatic rings. The molecule has 1 aliphatic rings. The molecule has 2 rings (SSSR count). The molecule has 15 nitrogen and oxygen atoms in total. The second kappa shape index (κ2) is 29.6. The zero-order valence-corrected chi connectivity index (χ0v) is 35.0. The van der Waals surface area contributed by atoms with Gasteiger partial charge in [-0.25, -0.2) is 18.2 Å². The van der Waals surface area contributed by atoms with Crippen LogP contribution >= 0.6 is 11.8 Å². The van der Waals surface area contributed by atoms with Crippen LogP contribution in [0.2, 0.25) is 0 Å². The molecule has 5 amide bonds. The Morgan fingerprint density at radius 1 is 0.873 bits per heavy atom. The van der Waals surface area contributed by atoms with Crippen LogP contribution in [-0.2, 0) is 44.3 Å². The summed E-state index contributed by atoms with van der Waals surface area (Å²) >= 11 is 1.95. The van der Waals surface area contributed by atoms with E-state index in [2.05, 4.69) is 35.1 Å². The van der Waals surface area contributed by atoms with Gasteiger partial charge in [-0.05, 0) is 63.5 Å². The minimum atomic E-state index is -1.32. The molecule has 1 heterocycles. The van der Waals surface area contributed by atoms with Crippen LogP contribution < -0.4 is 26.2 Å². The average Bonchev–Trinajstić information content (AvgIpc) is 3.17. The fraction of sp³-hybridized carbons (Fsp3) is 0.737. The SMILES string of the molecule is CNC(CCCCC(=O)NCCOCCOCCOCCOCCNC(=O)CCS(=O)N1CCC(C)(NC(=O)N(C=O)c2ccccc2)CC1)SCC(C)C. The number of amides is 5. The van der Waals surface area contributed by atoms with Crippen LogP contribution in [-0.4, -0.2) is 141 Å². The first kappa shape index (κ1) is 48.5. The predicted octanol–water partition coefficient (Wildman–Crippen LogP) is 3.06. The smallest absolute Gasteiger partial charge is 0.328 e. The van der Waals surface area contributed by atoms with Crippen LogP contribution in [0, 0.1) is 5.92 Å². The number of benzene rings is 1.